The van der Waals surface area contributed by atoms with Crippen molar-refractivity contribution in [3.63, 3.8) is 0 Å². The van der Waals surface area contributed by atoms with Gasteiger partial charge in [-0.25, -0.2) is 0 Å². The van der Waals surface area contributed by atoms with Crippen LogP contribution in [-0.2, 0) is 0 Å². The molecule has 0 aromatic carbocycles. The van der Waals surface area contributed by atoms with E-state index in [0.29, 0.717) is 0 Å². The Hall–Kier alpha value is -0.200. The highest BCUT2D eigenvalue weighted by Crippen LogP contribution is 2.34. The number of nitriles is 1. The van der Waals surface area contributed by atoms with Gasteiger partial charge in [-0.05, 0) is 20.8 Å². The molecule has 0 aliphatic carbocycles. The lowest BCUT2D eigenvalue weighted by Gasteiger charge is -2.20. The van der Waals surface area contributed by atoms with Crippen molar-refractivity contribution in [3.8, 4) is 6.07 Å². The molecule has 0 bridgehead atoms. The SMILES string of the molecule is CC1(C#N)CSC(C)(C)N1. The molecule has 10 heavy (non-hydrogen) atoms. The van der Waals surface area contributed by atoms with Crippen molar-refractivity contribution in [3.05, 3.63) is 0 Å². The van der Waals surface area contributed by atoms with Crippen LogP contribution in [0.25, 0.3) is 0 Å². The standard InChI is InChI=1S/C7H12N2S/c1-6(2)9-7(3,4-8)5-10-6/h9H,5H2,1-3H3. The molecule has 0 saturated carbocycles. The monoisotopic (exact) mass is 156 g/mol. The molecular formula is C7H12N2S. The molecule has 0 radical (unpaired) electrons. The lowest BCUT2D eigenvalue weighted by atomic mass is 10.1. The van der Waals surface area contributed by atoms with E-state index in [0.717, 1.165) is 5.75 Å². The number of rotatable bonds is 0. The lowest BCUT2D eigenvalue weighted by Crippen LogP contribution is -2.44. The zero-order valence-electron chi connectivity index (χ0n) is 6.56. The Kier molecular flexibility index (Phi) is 1.69. The maximum atomic E-state index is 8.73. The number of thioether (sulfide) groups is 1. The molecule has 1 rings (SSSR count). The third-order valence-corrected chi connectivity index (χ3v) is 3.09. The second-order valence-electron chi connectivity index (χ2n) is 3.37. The van der Waals surface area contributed by atoms with Gasteiger partial charge in [0.2, 0.25) is 0 Å². The maximum Gasteiger partial charge on any atom is 0.114 e. The van der Waals surface area contributed by atoms with Crippen LogP contribution in [0.2, 0.25) is 0 Å². The zero-order valence-corrected chi connectivity index (χ0v) is 7.38. The van der Waals surface area contributed by atoms with Crippen molar-refractivity contribution < 1.29 is 0 Å². The van der Waals surface area contributed by atoms with Crippen molar-refractivity contribution in [2.75, 3.05) is 5.75 Å². The molecule has 2 nitrogen and oxygen atoms in total. The van der Waals surface area contributed by atoms with Gasteiger partial charge < -0.3 is 0 Å². The van der Waals surface area contributed by atoms with E-state index in [1.54, 1.807) is 11.8 Å². The van der Waals surface area contributed by atoms with Crippen molar-refractivity contribution in [2.45, 2.75) is 31.2 Å². The summed E-state index contributed by atoms with van der Waals surface area (Å²) in [6.07, 6.45) is 0. The second kappa shape index (κ2) is 2.14. The Labute approximate surface area is 66.0 Å². The number of nitrogens with zero attached hydrogens (tertiary/aromatic N) is 1. The van der Waals surface area contributed by atoms with Crippen LogP contribution in [0.3, 0.4) is 0 Å². The number of hydrogen-bond donors (Lipinski definition) is 1. The van der Waals surface area contributed by atoms with Crippen LogP contribution < -0.4 is 5.32 Å². The Morgan fingerprint density at radius 2 is 2.10 bits per heavy atom. The van der Waals surface area contributed by atoms with Crippen molar-refractivity contribution in [1.29, 1.82) is 5.26 Å². The molecule has 0 amide bonds. The molecule has 1 heterocycles. The van der Waals surface area contributed by atoms with Crippen LogP contribution in [0.15, 0.2) is 0 Å². The van der Waals surface area contributed by atoms with E-state index in [9.17, 15) is 0 Å². The smallest absolute Gasteiger partial charge is 0.114 e. The van der Waals surface area contributed by atoms with Gasteiger partial charge in [0.05, 0.1) is 10.9 Å². The highest BCUT2D eigenvalue weighted by Gasteiger charge is 2.39. The van der Waals surface area contributed by atoms with Crippen LogP contribution >= 0.6 is 11.8 Å². The summed E-state index contributed by atoms with van der Waals surface area (Å²) in [4.78, 5) is 0.0739. The average molecular weight is 156 g/mol. The Bertz CT molecular complexity index is 183. The Morgan fingerprint density at radius 3 is 2.30 bits per heavy atom. The van der Waals surface area contributed by atoms with Gasteiger partial charge in [0.15, 0.2) is 0 Å². The second-order valence-corrected chi connectivity index (χ2v) is 4.97. The predicted molar refractivity (Wildman–Crippen MR) is 43.7 cm³/mol. The first-order valence-electron chi connectivity index (χ1n) is 3.32. The summed E-state index contributed by atoms with van der Waals surface area (Å²) < 4.78 is 0. The van der Waals surface area contributed by atoms with Gasteiger partial charge in [0.1, 0.15) is 5.54 Å². The minimum atomic E-state index is -0.311. The molecular weight excluding hydrogens is 144 g/mol. The molecule has 3 heteroatoms. The third-order valence-electron chi connectivity index (χ3n) is 1.55. The minimum Gasteiger partial charge on any atom is -0.285 e. The number of hydrogen-bond acceptors (Lipinski definition) is 3. The molecule has 1 saturated heterocycles. The first kappa shape index (κ1) is 7.90. The summed E-state index contributed by atoms with van der Waals surface area (Å²) >= 11 is 1.80. The highest BCUT2D eigenvalue weighted by atomic mass is 32.2. The highest BCUT2D eigenvalue weighted by molar-refractivity contribution is 8.00. The molecule has 0 aromatic heterocycles. The van der Waals surface area contributed by atoms with E-state index >= 15 is 0 Å². The molecule has 1 aliphatic heterocycles. The first-order chi connectivity index (χ1) is 4.47. The van der Waals surface area contributed by atoms with Crippen molar-refractivity contribution in [2.24, 2.45) is 0 Å². The van der Waals surface area contributed by atoms with E-state index in [2.05, 4.69) is 25.2 Å². The molecule has 56 valence electrons. The fraction of sp³-hybridized carbons (Fsp3) is 0.857. The van der Waals surface area contributed by atoms with Crippen LogP contribution in [0, 0.1) is 11.3 Å². The van der Waals surface area contributed by atoms with E-state index < -0.39 is 0 Å². The molecule has 0 aromatic rings. The molecule has 1 N–H and O–H groups in total. The first-order valence-corrected chi connectivity index (χ1v) is 4.31. The van der Waals surface area contributed by atoms with Crippen LogP contribution in [0.1, 0.15) is 20.8 Å². The van der Waals surface area contributed by atoms with Gasteiger partial charge in [-0.1, -0.05) is 0 Å². The van der Waals surface area contributed by atoms with Gasteiger partial charge in [-0.15, -0.1) is 11.8 Å². The maximum absolute atomic E-state index is 8.73. The van der Waals surface area contributed by atoms with Crippen LogP contribution in [-0.4, -0.2) is 16.2 Å². The third kappa shape index (κ3) is 1.44. The van der Waals surface area contributed by atoms with E-state index in [1.165, 1.54) is 0 Å². The van der Waals surface area contributed by atoms with E-state index in [-0.39, 0.29) is 10.4 Å². The van der Waals surface area contributed by atoms with Crippen LogP contribution in [0.4, 0.5) is 0 Å². The van der Waals surface area contributed by atoms with Gasteiger partial charge >= 0.3 is 0 Å². The number of nitrogens with one attached hydrogen (secondary N) is 1. The van der Waals surface area contributed by atoms with Gasteiger partial charge in [-0.3, -0.25) is 5.32 Å². The van der Waals surface area contributed by atoms with E-state index in [4.69, 9.17) is 5.26 Å². The average Bonchev–Trinajstić information content (AvgIpc) is 2.08. The largest absolute Gasteiger partial charge is 0.285 e. The molecule has 1 aliphatic rings. The fourth-order valence-electron chi connectivity index (χ4n) is 1.12. The zero-order chi connectivity index (χ0) is 7.83. The summed E-state index contributed by atoms with van der Waals surface area (Å²) in [5, 5.41) is 12.0. The summed E-state index contributed by atoms with van der Waals surface area (Å²) in [5.41, 5.74) is -0.311. The molecule has 0 spiro atoms. The topological polar surface area (TPSA) is 35.8 Å². The fourth-order valence-corrected chi connectivity index (χ4v) is 2.21. The van der Waals surface area contributed by atoms with E-state index in [1.807, 2.05) is 6.92 Å². The summed E-state index contributed by atoms with van der Waals surface area (Å²) in [6.45, 7) is 6.13. The van der Waals surface area contributed by atoms with Crippen LogP contribution in [0.5, 0.6) is 0 Å². The van der Waals surface area contributed by atoms with Gasteiger partial charge in [0.25, 0.3) is 0 Å². The summed E-state index contributed by atoms with van der Waals surface area (Å²) in [7, 11) is 0. The predicted octanol–water partition coefficient (Wildman–Crippen LogP) is 1.34. The molecule has 1 atom stereocenters. The molecule has 1 fully saturated rings. The van der Waals surface area contributed by atoms with Gasteiger partial charge in [-0.2, -0.15) is 5.26 Å². The van der Waals surface area contributed by atoms with Crippen molar-refractivity contribution in [1.82, 2.24) is 5.32 Å². The summed E-state index contributed by atoms with van der Waals surface area (Å²) in [6, 6.07) is 2.26. The minimum absolute atomic E-state index is 0.0739. The lowest BCUT2D eigenvalue weighted by molar-refractivity contribution is 0.445. The van der Waals surface area contributed by atoms with Gasteiger partial charge in [0, 0.05) is 5.75 Å². The van der Waals surface area contributed by atoms with Crippen molar-refractivity contribution >= 4 is 11.8 Å². The molecule has 1 unspecified atom stereocenters. The normalized spacial score (nSPS) is 37.4. The quantitative estimate of drug-likeness (QED) is 0.575. The Balaban J connectivity index is 2.69. The Morgan fingerprint density at radius 1 is 1.50 bits per heavy atom. The summed E-state index contributed by atoms with van der Waals surface area (Å²) in [5.74, 6) is 0.885.